The third-order valence-electron chi connectivity index (χ3n) is 7.15. The van der Waals surface area contributed by atoms with Crippen LogP contribution in [0.25, 0.3) is 55.9 Å². The topological polar surface area (TPSA) is 12.9 Å². The number of hydrogen-bond donors (Lipinski definition) is 0. The predicted molar refractivity (Wildman–Crippen MR) is 157 cm³/mol. The molecule has 2 aliphatic rings. The van der Waals surface area contributed by atoms with E-state index in [-0.39, 0.29) is 0 Å². The van der Waals surface area contributed by atoms with E-state index in [4.69, 9.17) is 4.98 Å². The number of rotatable bonds is 4. The van der Waals surface area contributed by atoms with Crippen LogP contribution in [0.2, 0.25) is 0 Å². The molecule has 1 nitrogen and oxygen atoms in total. The van der Waals surface area contributed by atoms with Gasteiger partial charge in [-0.25, -0.2) is 4.98 Å². The van der Waals surface area contributed by atoms with E-state index in [1.54, 1.807) is 0 Å². The van der Waals surface area contributed by atoms with E-state index in [9.17, 15) is 0 Å². The van der Waals surface area contributed by atoms with E-state index in [0.717, 1.165) is 22.5 Å². The smallest absolute Gasteiger partial charge is 0.0794 e. The SMILES string of the molecule is Cc1cc(C)c2ccc(-c3cc(-c4ccccc4)nc(-c4ccccc4)c3-c3ccccc3)c-2c(C)c1. The molecular weight excluding hydrogens is 446 g/mol. The van der Waals surface area contributed by atoms with Crippen molar-refractivity contribution in [2.45, 2.75) is 20.8 Å². The van der Waals surface area contributed by atoms with Gasteiger partial charge in [0.25, 0.3) is 0 Å². The Morgan fingerprint density at radius 2 is 0.973 bits per heavy atom. The number of pyridine rings is 1. The molecule has 0 fully saturated rings. The Hall–Kier alpha value is -4.49. The van der Waals surface area contributed by atoms with Crippen molar-refractivity contribution in [2.24, 2.45) is 0 Å². The number of aromatic nitrogens is 1. The van der Waals surface area contributed by atoms with Crippen molar-refractivity contribution < 1.29 is 0 Å². The zero-order valence-corrected chi connectivity index (χ0v) is 21.5. The van der Waals surface area contributed by atoms with Gasteiger partial charge in [0.05, 0.1) is 11.4 Å². The molecule has 1 aromatic heterocycles. The monoisotopic (exact) mass is 475 g/mol. The average Bonchev–Trinajstić information content (AvgIpc) is 3.35. The molecular formula is C36H29N. The number of aryl methyl sites for hydroxylation is 3. The van der Waals surface area contributed by atoms with Gasteiger partial charge in [0, 0.05) is 16.7 Å². The highest BCUT2D eigenvalue weighted by molar-refractivity contribution is 6.00. The van der Waals surface area contributed by atoms with Gasteiger partial charge in [-0.3, -0.25) is 0 Å². The summed E-state index contributed by atoms with van der Waals surface area (Å²) in [5.41, 5.74) is 15.5. The molecule has 0 amide bonds. The third-order valence-corrected chi connectivity index (χ3v) is 7.15. The molecule has 0 spiro atoms. The van der Waals surface area contributed by atoms with Crippen LogP contribution in [-0.2, 0) is 0 Å². The van der Waals surface area contributed by atoms with Crippen molar-refractivity contribution in [2.75, 3.05) is 0 Å². The van der Waals surface area contributed by atoms with Crippen molar-refractivity contribution in [3.05, 3.63) is 138 Å². The Kier molecular flexibility index (Phi) is 5.90. The molecule has 0 saturated heterocycles. The first-order valence-electron chi connectivity index (χ1n) is 12.8. The lowest BCUT2D eigenvalue weighted by atomic mass is 9.88. The minimum absolute atomic E-state index is 0.981. The molecule has 0 N–H and O–H groups in total. The maximum Gasteiger partial charge on any atom is 0.0794 e. The number of nitrogens with zero attached hydrogens (tertiary/aromatic N) is 1. The van der Waals surface area contributed by atoms with Crippen LogP contribution in [0.3, 0.4) is 0 Å². The Morgan fingerprint density at radius 3 is 1.62 bits per heavy atom. The van der Waals surface area contributed by atoms with Gasteiger partial charge >= 0.3 is 0 Å². The van der Waals surface area contributed by atoms with Gasteiger partial charge in [0.1, 0.15) is 0 Å². The van der Waals surface area contributed by atoms with Gasteiger partial charge in [-0.1, -0.05) is 121 Å². The molecule has 0 atom stereocenters. The summed E-state index contributed by atoms with van der Waals surface area (Å²) in [6.45, 7) is 6.63. The van der Waals surface area contributed by atoms with E-state index >= 15 is 0 Å². The highest BCUT2D eigenvalue weighted by atomic mass is 14.7. The molecule has 4 aromatic rings. The predicted octanol–water partition coefficient (Wildman–Crippen LogP) is 9.78. The molecule has 0 unspecified atom stereocenters. The molecule has 3 aromatic carbocycles. The summed E-state index contributed by atoms with van der Waals surface area (Å²) in [6.07, 6.45) is 0. The van der Waals surface area contributed by atoms with Crippen LogP contribution in [0.15, 0.2) is 121 Å². The first-order valence-corrected chi connectivity index (χ1v) is 12.8. The zero-order valence-electron chi connectivity index (χ0n) is 21.5. The summed E-state index contributed by atoms with van der Waals surface area (Å²) in [4.78, 5) is 5.31. The van der Waals surface area contributed by atoms with Gasteiger partial charge in [-0.15, -0.1) is 0 Å². The fourth-order valence-electron chi connectivity index (χ4n) is 5.55. The minimum atomic E-state index is 0.981. The number of benzene rings is 3. The Balaban J connectivity index is 1.75. The highest BCUT2D eigenvalue weighted by Gasteiger charge is 2.23. The minimum Gasteiger partial charge on any atom is -0.247 e. The van der Waals surface area contributed by atoms with Gasteiger partial charge in [0.2, 0.25) is 0 Å². The summed E-state index contributed by atoms with van der Waals surface area (Å²) in [5, 5.41) is 0. The van der Waals surface area contributed by atoms with Crippen molar-refractivity contribution >= 4 is 0 Å². The standard InChI is InChI=1S/C36H29N/c1-24-21-25(2)30-19-20-31(34(30)26(3)22-24)32-23-33(27-13-7-4-8-14-27)37-36(29-17-11-6-12-18-29)35(32)28-15-9-5-10-16-28/h4-23H,1-3H3. The first-order chi connectivity index (χ1) is 18.1. The molecule has 0 bridgehead atoms. The van der Waals surface area contributed by atoms with E-state index < -0.39 is 0 Å². The summed E-state index contributed by atoms with van der Waals surface area (Å²) >= 11 is 0. The number of hydrogen-bond acceptors (Lipinski definition) is 1. The number of fused-ring (bicyclic) bond motifs is 1. The first kappa shape index (κ1) is 22.9. The largest absolute Gasteiger partial charge is 0.247 e. The van der Waals surface area contributed by atoms with Crippen LogP contribution >= 0.6 is 0 Å². The lowest BCUT2D eigenvalue weighted by Gasteiger charge is -2.19. The van der Waals surface area contributed by atoms with Crippen LogP contribution in [-0.4, -0.2) is 4.98 Å². The van der Waals surface area contributed by atoms with Crippen LogP contribution in [0.4, 0.5) is 0 Å². The van der Waals surface area contributed by atoms with Crippen LogP contribution in [0.5, 0.6) is 0 Å². The maximum atomic E-state index is 5.31. The third kappa shape index (κ3) is 4.23. The summed E-state index contributed by atoms with van der Waals surface area (Å²) < 4.78 is 0. The van der Waals surface area contributed by atoms with E-state index in [0.29, 0.717) is 0 Å². The maximum absolute atomic E-state index is 5.31. The summed E-state index contributed by atoms with van der Waals surface area (Å²) in [7, 11) is 0. The molecule has 178 valence electrons. The van der Waals surface area contributed by atoms with Gasteiger partial charge < -0.3 is 0 Å². The Morgan fingerprint density at radius 1 is 0.432 bits per heavy atom. The molecule has 1 heterocycles. The van der Waals surface area contributed by atoms with Crippen LogP contribution < -0.4 is 0 Å². The normalized spacial score (nSPS) is 11.1. The van der Waals surface area contributed by atoms with E-state index in [2.05, 4.69) is 142 Å². The second-order valence-corrected chi connectivity index (χ2v) is 9.81. The fraction of sp³-hybridized carbons (Fsp3) is 0.0833. The van der Waals surface area contributed by atoms with Crippen molar-refractivity contribution in [3.63, 3.8) is 0 Å². The molecule has 0 radical (unpaired) electrons. The van der Waals surface area contributed by atoms with Crippen molar-refractivity contribution in [1.29, 1.82) is 0 Å². The summed E-state index contributed by atoms with van der Waals surface area (Å²) in [6, 6.07) is 43.2. The zero-order chi connectivity index (χ0) is 25.4. The molecule has 6 rings (SSSR count). The lowest BCUT2D eigenvalue weighted by molar-refractivity contribution is 1.32. The summed E-state index contributed by atoms with van der Waals surface area (Å²) in [5.74, 6) is 0. The van der Waals surface area contributed by atoms with Crippen molar-refractivity contribution in [1.82, 2.24) is 4.98 Å². The van der Waals surface area contributed by atoms with Crippen molar-refractivity contribution in [3.8, 4) is 55.9 Å². The second kappa shape index (κ2) is 9.52. The molecule has 0 saturated carbocycles. The van der Waals surface area contributed by atoms with E-state index in [1.807, 2.05) is 0 Å². The second-order valence-electron chi connectivity index (χ2n) is 9.81. The lowest BCUT2D eigenvalue weighted by Crippen LogP contribution is -1.97. The molecule has 37 heavy (non-hydrogen) atoms. The van der Waals surface area contributed by atoms with Crippen LogP contribution in [0.1, 0.15) is 16.7 Å². The highest BCUT2D eigenvalue weighted by Crippen LogP contribution is 2.47. The molecule has 2 aliphatic carbocycles. The Labute approximate surface area is 219 Å². The van der Waals surface area contributed by atoms with Gasteiger partial charge in [-0.2, -0.15) is 0 Å². The van der Waals surface area contributed by atoms with Crippen LogP contribution in [0, 0.1) is 20.8 Å². The fourth-order valence-corrected chi connectivity index (χ4v) is 5.55. The Bertz CT molecular complexity index is 1670. The average molecular weight is 476 g/mol. The van der Waals surface area contributed by atoms with Gasteiger partial charge in [-0.05, 0) is 65.8 Å². The quantitative estimate of drug-likeness (QED) is 0.247. The molecule has 1 heteroatoms. The van der Waals surface area contributed by atoms with E-state index in [1.165, 1.54) is 50.1 Å². The van der Waals surface area contributed by atoms with Gasteiger partial charge in [0.15, 0.2) is 0 Å². The molecule has 0 aliphatic heterocycles.